The number of rotatable bonds is 5. The lowest BCUT2D eigenvalue weighted by Gasteiger charge is -2.38. The van der Waals surface area contributed by atoms with Crippen LogP contribution in [-0.2, 0) is 4.79 Å². The van der Waals surface area contributed by atoms with E-state index in [-0.39, 0.29) is 29.0 Å². The standard InChI is InChI=1S/C20H21N5O4/c1-4-17(26)24-10-13(11-24)25-19(21)18(20(22)27)16(23-25)6-5-12-7-14(28-2)9-15(8-12)29-3/h4,7-9,13H,1,10-11,21H2,2-3H3,(H2,22,27). The maximum atomic E-state index is 11.9. The predicted octanol–water partition coefficient (Wildman–Crippen LogP) is 0.551. The average molecular weight is 395 g/mol. The molecule has 0 spiro atoms. The molecule has 0 bridgehead atoms. The molecule has 1 aromatic carbocycles. The van der Waals surface area contributed by atoms with E-state index < -0.39 is 5.91 Å². The first-order chi connectivity index (χ1) is 13.9. The number of hydrogen-bond acceptors (Lipinski definition) is 6. The van der Waals surface area contributed by atoms with Crippen LogP contribution in [0, 0.1) is 11.8 Å². The molecule has 0 radical (unpaired) electrons. The van der Waals surface area contributed by atoms with Gasteiger partial charge >= 0.3 is 0 Å². The van der Waals surface area contributed by atoms with Crippen molar-refractivity contribution in [2.75, 3.05) is 33.0 Å². The van der Waals surface area contributed by atoms with Gasteiger partial charge in [0.25, 0.3) is 5.91 Å². The normalized spacial score (nSPS) is 13.1. The minimum atomic E-state index is -0.723. The lowest BCUT2D eigenvalue weighted by molar-refractivity contribution is -0.131. The van der Waals surface area contributed by atoms with Gasteiger partial charge in [0.1, 0.15) is 22.9 Å². The molecule has 1 aliphatic heterocycles. The summed E-state index contributed by atoms with van der Waals surface area (Å²) in [6, 6.07) is 5.01. The van der Waals surface area contributed by atoms with Crippen LogP contribution in [-0.4, -0.2) is 53.8 Å². The molecule has 9 nitrogen and oxygen atoms in total. The van der Waals surface area contributed by atoms with E-state index in [0.717, 1.165) is 0 Å². The van der Waals surface area contributed by atoms with Gasteiger partial charge < -0.3 is 25.8 Å². The molecule has 2 aromatic rings. The maximum absolute atomic E-state index is 11.9. The van der Waals surface area contributed by atoms with Gasteiger partial charge in [-0.1, -0.05) is 12.5 Å². The third-order valence-corrected chi connectivity index (χ3v) is 4.57. The van der Waals surface area contributed by atoms with Crippen molar-refractivity contribution >= 4 is 17.6 Å². The minimum Gasteiger partial charge on any atom is -0.497 e. The van der Waals surface area contributed by atoms with Gasteiger partial charge in [0.15, 0.2) is 5.69 Å². The summed E-state index contributed by atoms with van der Waals surface area (Å²) < 4.78 is 11.9. The van der Waals surface area contributed by atoms with Crippen LogP contribution in [0.25, 0.3) is 0 Å². The van der Waals surface area contributed by atoms with E-state index in [0.29, 0.717) is 30.2 Å². The van der Waals surface area contributed by atoms with Crippen LogP contribution in [0.5, 0.6) is 11.5 Å². The molecule has 29 heavy (non-hydrogen) atoms. The van der Waals surface area contributed by atoms with Gasteiger partial charge in [-0.15, -0.1) is 0 Å². The highest BCUT2D eigenvalue weighted by Gasteiger charge is 2.34. The molecule has 1 aliphatic rings. The summed E-state index contributed by atoms with van der Waals surface area (Å²) in [5.41, 5.74) is 12.4. The summed E-state index contributed by atoms with van der Waals surface area (Å²) in [6.07, 6.45) is 1.25. The fraction of sp³-hybridized carbons (Fsp3) is 0.250. The van der Waals surface area contributed by atoms with E-state index in [1.54, 1.807) is 37.3 Å². The topological polar surface area (TPSA) is 126 Å². The lowest BCUT2D eigenvalue weighted by atomic mass is 10.1. The highest BCUT2D eigenvalue weighted by molar-refractivity contribution is 5.99. The van der Waals surface area contributed by atoms with Crippen LogP contribution in [0.3, 0.4) is 0 Å². The highest BCUT2D eigenvalue weighted by atomic mass is 16.5. The summed E-state index contributed by atoms with van der Waals surface area (Å²) in [7, 11) is 3.08. The van der Waals surface area contributed by atoms with Crippen molar-refractivity contribution < 1.29 is 19.1 Å². The molecule has 1 saturated heterocycles. The summed E-state index contributed by atoms with van der Waals surface area (Å²) in [4.78, 5) is 25.1. The van der Waals surface area contributed by atoms with Crippen molar-refractivity contribution in [2.45, 2.75) is 6.04 Å². The Morgan fingerprint density at radius 3 is 2.34 bits per heavy atom. The summed E-state index contributed by atoms with van der Waals surface area (Å²) in [5.74, 6) is 6.17. The number of primary amides is 1. The molecule has 0 saturated carbocycles. The molecule has 2 amide bonds. The zero-order valence-corrected chi connectivity index (χ0v) is 16.1. The zero-order chi connectivity index (χ0) is 21.1. The van der Waals surface area contributed by atoms with Gasteiger partial charge in [-0.25, -0.2) is 4.68 Å². The number of benzene rings is 1. The lowest BCUT2D eigenvalue weighted by Crippen LogP contribution is -2.50. The number of amides is 2. The summed E-state index contributed by atoms with van der Waals surface area (Å²) in [6.45, 7) is 4.29. The number of nitrogens with two attached hydrogens (primary N) is 2. The number of likely N-dealkylation sites (tertiary alicyclic amines) is 1. The second-order valence-electron chi connectivity index (χ2n) is 6.37. The molecule has 0 aliphatic carbocycles. The molecule has 0 unspecified atom stereocenters. The van der Waals surface area contributed by atoms with Crippen molar-refractivity contribution in [3.8, 4) is 23.3 Å². The van der Waals surface area contributed by atoms with Crippen molar-refractivity contribution in [2.24, 2.45) is 5.73 Å². The second-order valence-corrected chi connectivity index (χ2v) is 6.37. The number of hydrogen-bond donors (Lipinski definition) is 2. The van der Waals surface area contributed by atoms with E-state index in [1.165, 1.54) is 10.8 Å². The van der Waals surface area contributed by atoms with Crippen molar-refractivity contribution in [1.29, 1.82) is 0 Å². The quantitative estimate of drug-likeness (QED) is 0.563. The Kier molecular flexibility index (Phi) is 5.45. The molecular formula is C20H21N5O4. The first kappa shape index (κ1) is 19.8. The molecule has 9 heteroatoms. The summed E-state index contributed by atoms with van der Waals surface area (Å²) >= 11 is 0. The number of nitrogens with zero attached hydrogens (tertiary/aromatic N) is 3. The largest absolute Gasteiger partial charge is 0.497 e. The third-order valence-electron chi connectivity index (χ3n) is 4.57. The monoisotopic (exact) mass is 395 g/mol. The molecule has 3 rings (SSSR count). The van der Waals surface area contributed by atoms with E-state index in [2.05, 4.69) is 23.5 Å². The van der Waals surface area contributed by atoms with Crippen LogP contribution in [0.1, 0.15) is 27.7 Å². The van der Waals surface area contributed by atoms with Gasteiger partial charge in [0, 0.05) is 24.7 Å². The van der Waals surface area contributed by atoms with Crippen molar-refractivity contribution in [3.05, 3.63) is 47.7 Å². The van der Waals surface area contributed by atoms with Crippen LogP contribution in [0.15, 0.2) is 30.9 Å². The van der Waals surface area contributed by atoms with Crippen molar-refractivity contribution in [1.82, 2.24) is 14.7 Å². The van der Waals surface area contributed by atoms with Crippen LogP contribution < -0.4 is 20.9 Å². The van der Waals surface area contributed by atoms with Gasteiger partial charge in [0.2, 0.25) is 5.91 Å². The number of methoxy groups -OCH3 is 2. The first-order valence-corrected chi connectivity index (χ1v) is 8.72. The number of nitrogen functional groups attached to an aromatic ring is 1. The zero-order valence-electron chi connectivity index (χ0n) is 16.1. The smallest absolute Gasteiger partial charge is 0.255 e. The van der Waals surface area contributed by atoms with Gasteiger partial charge in [-0.2, -0.15) is 5.10 Å². The highest BCUT2D eigenvalue weighted by Crippen LogP contribution is 2.27. The van der Waals surface area contributed by atoms with Gasteiger partial charge in [-0.3, -0.25) is 9.59 Å². The van der Waals surface area contributed by atoms with Crippen molar-refractivity contribution in [3.63, 3.8) is 0 Å². The Bertz CT molecular complexity index is 1020. The molecule has 150 valence electrons. The van der Waals surface area contributed by atoms with E-state index in [4.69, 9.17) is 20.9 Å². The maximum Gasteiger partial charge on any atom is 0.255 e. The average Bonchev–Trinajstić information content (AvgIpc) is 3.00. The SMILES string of the molecule is C=CC(=O)N1CC(n2nc(C#Cc3cc(OC)cc(OC)c3)c(C(N)=O)c2N)C1. The molecule has 1 aromatic heterocycles. The van der Waals surface area contributed by atoms with E-state index in [9.17, 15) is 9.59 Å². The number of ether oxygens (including phenoxy) is 2. The van der Waals surface area contributed by atoms with Crippen LogP contribution in [0.2, 0.25) is 0 Å². The molecular weight excluding hydrogens is 374 g/mol. The Balaban J connectivity index is 1.93. The van der Waals surface area contributed by atoms with Gasteiger partial charge in [-0.05, 0) is 24.1 Å². The van der Waals surface area contributed by atoms with E-state index in [1.807, 2.05) is 0 Å². The Labute approximate surface area is 167 Å². The molecule has 1 fully saturated rings. The molecule has 4 N–H and O–H groups in total. The Hall–Kier alpha value is -3.93. The third kappa shape index (κ3) is 3.87. The number of anilines is 1. The predicted molar refractivity (Wildman–Crippen MR) is 106 cm³/mol. The first-order valence-electron chi connectivity index (χ1n) is 8.72. The fourth-order valence-corrected chi connectivity index (χ4v) is 2.99. The fourth-order valence-electron chi connectivity index (χ4n) is 2.99. The van der Waals surface area contributed by atoms with E-state index >= 15 is 0 Å². The summed E-state index contributed by atoms with van der Waals surface area (Å²) in [5, 5.41) is 4.36. The number of aromatic nitrogens is 2. The minimum absolute atomic E-state index is 0.0564. The number of carbonyl (C=O) groups is 2. The van der Waals surface area contributed by atoms with Crippen LogP contribution in [0.4, 0.5) is 5.82 Å². The molecule has 0 atom stereocenters. The second kappa shape index (κ2) is 7.98. The Morgan fingerprint density at radius 1 is 1.21 bits per heavy atom. The number of carbonyl (C=O) groups excluding carboxylic acids is 2. The van der Waals surface area contributed by atoms with Gasteiger partial charge in [0.05, 0.1) is 20.3 Å². The van der Waals surface area contributed by atoms with Crippen LogP contribution >= 0.6 is 0 Å². The molecule has 2 heterocycles. The Morgan fingerprint density at radius 2 is 1.83 bits per heavy atom.